The van der Waals surface area contributed by atoms with Gasteiger partial charge in [0.05, 0.1) is 0 Å². The molecule has 1 aliphatic rings. The summed E-state index contributed by atoms with van der Waals surface area (Å²) in [5.41, 5.74) is 0. The van der Waals surface area contributed by atoms with E-state index in [1.54, 1.807) is 0 Å². The van der Waals surface area contributed by atoms with Gasteiger partial charge in [-0.25, -0.2) is 0 Å². The Morgan fingerprint density at radius 2 is 2.13 bits per heavy atom. The van der Waals surface area contributed by atoms with Crippen molar-refractivity contribution in [3.8, 4) is 12.3 Å². The largest absolute Gasteiger partial charge is 0.461 e. The van der Waals surface area contributed by atoms with Crippen molar-refractivity contribution in [1.82, 2.24) is 0 Å². The molecular formula is C13H20O2. The smallest absolute Gasteiger partial charge is 0.321 e. The summed E-state index contributed by atoms with van der Waals surface area (Å²) in [6.45, 7) is 4.04. The highest BCUT2D eigenvalue weighted by molar-refractivity contribution is 5.76. The van der Waals surface area contributed by atoms with Gasteiger partial charge in [-0.3, -0.25) is 4.79 Å². The van der Waals surface area contributed by atoms with Gasteiger partial charge in [0.1, 0.15) is 12.0 Å². The molecule has 2 atom stereocenters. The van der Waals surface area contributed by atoms with Crippen LogP contribution in [0.25, 0.3) is 0 Å². The molecule has 0 bridgehead atoms. The molecule has 0 aliphatic heterocycles. The van der Waals surface area contributed by atoms with Gasteiger partial charge in [0.25, 0.3) is 0 Å². The van der Waals surface area contributed by atoms with Crippen molar-refractivity contribution in [1.29, 1.82) is 0 Å². The van der Waals surface area contributed by atoms with Crippen molar-refractivity contribution in [2.75, 3.05) is 0 Å². The zero-order chi connectivity index (χ0) is 11.3. The molecule has 0 radical (unpaired) electrons. The molecule has 0 aromatic rings. The first-order valence-electron chi connectivity index (χ1n) is 5.85. The summed E-state index contributed by atoms with van der Waals surface area (Å²) in [4.78, 5) is 11.8. The minimum absolute atomic E-state index is 0.123. The fourth-order valence-corrected chi connectivity index (χ4v) is 1.94. The van der Waals surface area contributed by atoms with E-state index in [2.05, 4.69) is 5.92 Å². The lowest BCUT2D eigenvalue weighted by Gasteiger charge is -2.19. The third kappa shape index (κ3) is 3.27. The average Bonchev–Trinajstić information content (AvgIpc) is 2.71. The maximum absolute atomic E-state index is 11.8. The summed E-state index contributed by atoms with van der Waals surface area (Å²) in [6.07, 6.45) is 10.8. The molecule has 1 fully saturated rings. The molecular weight excluding hydrogens is 188 g/mol. The molecule has 0 saturated heterocycles. The Balaban J connectivity index is 2.46. The Morgan fingerprint density at radius 1 is 1.53 bits per heavy atom. The van der Waals surface area contributed by atoms with Gasteiger partial charge in [0, 0.05) is 0 Å². The third-order valence-electron chi connectivity index (χ3n) is 3.23. The van der Waals surface area contributed by atoms with Gasteiger partial charge < -0.3 is 4.74 Å². The van der Waals surface area contributed by atoms with Crippen LogP contribution in [0.1, 0.15) is 46.0 Å². The lowest BCUT2D eigenvalue weighted by atomic mass is 9.93. The van der Waals surface area contributed by atoms with Crippen LogP contribution in [-0.2, 0) is 9.53 Å². The molecule has 15 heavy (non-hydrogen) atoms. The van der Waals surface area contributed by atoms with Crippen molar-refractivity contribution in [2.24, 2.45) is 11.8 Å². The van der Waals surface area contributed by atoms with Crippen LogP contribution in [0.3, 0.4) is 0 Å². The first-order chi connectivity index (χ1) is 7.19. The second kappa shape index (κ2) is 5.80. The number of ether oxygens (including phenoxy) is 1. The highest BCUT2D eigenvalue weighted by Crippen LogP contribution is 2.24. The Bertz CT molecular complexity index is 246. The molecule has 0 spiro atoms. The molecule has 2 nitrogen and oxygen atoms in total. The quantitative estimate of drug-likeness (QED) is 0.524. The topological polar surface area (TPSA) is 26.3 Å². The Morgan fingerprint density at radius 3 is 2.60 bits per heavy atom. The molecule has 1 rings (SSSR count). The van der Waals surface area contributed by atoms with E-state index < -0.39 is 0 Å². The van der Waals surface area contributed by atoms with Crippen LogP contribution in [0.2, 0.25) is 0 Å². The van der Waals surface area contributed by atoms with E-state index in [0.29, 0.717) is 0 Å². The molecule has 1 aliphatic carbocycles. The van der Waals surface area contributed by atoms with Crippen molar-refractivity contribution >= 4 is 5.97 Å². The molecule has 0 heterocycles. The second-order valence-electron chi connectivity index (χ2n) is 4.37. The molecule has 0 N–H and O–H groups in total. The lowest BCUT2D eigenvalue weighted by molar-refractivity contribution is -0.153. The van der Waals surface area contributed by atoms with Crippen molar-refractivity contribution in [2.45, 2.75) is 52.1 Å². The summed E-state index contributed by atoms with van der Waals surface area (Å²) in [7, 11) is 0. The lowest BCUT2D eigenvalue weighted by Crippen LogP contribution is -2.26. The molecule has 1 unspecified atom stereocenters. The maximum atomic E-state index is 11.8. The van der Waals surface area contributed by atoms with E-state index in [1.807, 2.05) is 13.8 Å². The van der Waals surface area contributed by atoms with E-state index in [9.17, 15) is 4.79 Å². The standard InChI is InChI=1S/C13H20O2/c1-4-10(3)12(5-2)13(14)15-11-8-6-7-9-11/h2,10-12H,4,6-9H2,1,3H3/t10?,12-/m0/s1. The number of carbonyl (C=O) groups is 1. The van der Waals surface area contributed by atoms with E-state index in [4.69, 9.17) is 11.2 Å². The van der Waals surface area contributed by atoms with Crippen LogP contribution < -0.4 is 0 Å². The van der Waals surface area contributed by atoms with Crippen molar-refractivity contribution < 1.29 is 9.53 Å². The van der Waals surface area contributed by atoms with Gasteiger partial charge in [-0.05, 0) is 31.6 Å². The van der Waals surface area contributed by atoms with Gasteiger partial charge in [0.2, 0.25) is 0 Å². The summed E-state index contributed by atoms with van der Waals surface area (Å²) < 4.78 is 5.41. The van der Waals surface area contributed by atoms with Crippen LogP contribution in [0.4, 0.5) is 0 Å². The number of hydrogen-bond acceptors (Lipinski definition) is 2. The van der Waals surface area contributed by atoms with E-state index in [1.165, 1.54) is 12.8 Å². The summed E-state index contributed by atoms with van der Waals surface area (Å²) in [5, 5.41) is 0. The number of rotatable bonds is 4. The summed E-state index contributed by atoms with van der Waals surface area (Å²) in [5.74, 6) is 2.20. The van der Waals surface area contributed by atoms with Crippen LogP contribution in [-0.4, -0.2) is 12.1 Å². The number of esters is 1. The van der Waals surface area contributed by atoms with Crippen LogP contribution in [0.15, 0.2) is 0 Å². The van der Waals surface area contributed by atoms with E-state index in [-0.39, 0.29) is 23.9 Å². The van der Waals surface area contributed by atoms with Crippen molar-refractivity contribution in [3.05, 3.63) is 0 Å². The molecule has 0 aromatic carbocycles. The highest BCUT2D eigenvalue weighted by Gasteiger charge is 2.27. The van der Waals surface area contributed by atoms with Gasteiger partial charge in [-0.1, -0.05) is 26.2 Å². The molecule has 1 saturated carbocycles. The maximum Gasteiger partial charge on any atom is 0.321 e. The SMILES string of the molecule is C#C[C@H](C(=O)OC1CCCC1)C(C)CC. The van der Waals surface area contributed by atoms with Crippen LogP contribution in [0, 0.1) is 24.2 Å². The summed E-state index contributed by atoms with van der Waals surface area (Å²) in [6, 6.07) is 0. The van der Waals surface area contributed by atoms with Crippen LogP contribution in [0.5, 0.6) is 0 Å². The third-order valence-corrected chi connectivity index (χ3v) is 3.23. The van der Waals surface area contributed by atoms with E-state index >= 15 is 0 Å². The van der Waals surface area contributed by atoms with Gasteiger partial charge >= 0.3 is 5.97 Å². The van der Waals surface area contributed by atoms with E-state index in [0.717, 1.165) is 19.3 Å². The van der Waals surface area contributed by atoms with Crippen LogP contribution >= 0.6 is 0 Å². The molecule has 84 valence electrons. The Kier molecular flexibility index (Phi) is 4.68. The molecule has 0 aromatic heterocycles. The predicted octanol–water partition coefficient (Wildman–Crippen LogP) is 2.77. The fraction of sp³-hybridized carbons (Fsp3) is 0.769. The zero-order valence-corrected chi connectivity index (χ0v) is 9.66. The molecule has 0 amide bonds. The normalized spacial score (nSPS) is 20.6. The number of carbonyl (C=O) groups excluding carboxylic acids is 1. The van der Waals surface area contributed by atoms with Gasteiger partial charge in [-0.15, -0.1) is 6.42 Å². The minimum Gasteiger partial charge on any atom is -0.461 e. The number of hydrogen-bond donors (Lipinski definition) is 0. The first-order valence-corrected chi connectivity index (χ1v) is 5.85. The predicted molar refractivity (Wildman–Crippen MR) is 60.1 cm³/mol. The summed E-state index contributed by atoms with van der Waals surface area (Å²) >= 11 is 0. The van der Waals surface area contributed by atoms with Gasteiger partial charge in [0.15, 0.2) is 0 Å². The average molecular weight is 208 g/mol. The Labute approximate surface area is 92.4 Å². The zero-order valence-electron chi connectivity index (χ0n) is 9.66. The first kappa shape index (κ1) is 12.1. The Hall–Kier alpha value is -0.970. The number of terminal acetylenes is 1. The second-order valence-corrected chi connectivity index (χ2v) is 4.37. The van der Waals surface area contributed by atoms with Gasteiger partial charge in [-0.2, -0.15) is 0 Å². The highest BCUT2D eigenvalue weighted by atomic mass is 16.5. The fourth-order valence-electron chi connectivity index (χ4n) is 1.94. The van der Waals surface area contributed by atoms with Crippen molar-refractivity contribution in [3.63, 3.8) is 0 Å². The monoisotopic (exact) mass is 208 g/mol. The minimum atomic E-state index is -0.365. The molecule has 2 heteroatoms.